The van der Waals surface area contributed by atoms with Crippen molar-refractivity contribution in [2.45, 2.75) is 32.8 Å². The Morgan fingerprint density at radius 3 is 2.62 bits per heavy atom. The highest BCUT2D eigenvalue weighted by Crippen LogP contribution is 2.19. The van der Waals surface area contributed by atoms with Crippen molar-refractivity contribution < 1.29 is 13.9 Å². The van der Waals surface area contributed by atoms with Crippen molar-refractivity contribution in [3.05, 3.63) is 34.1 Å². The topological polar surface area (TPSA) is 26.3 Å². The number of esters is 1. The Morgan fingerprint density at radius 1 is 1.44 bits per heavy atom. The van der Waals surface area contributed by atoms with E-state index in [2.05, 4.69) is 15.9 Å². The molecule has 0 N–H and O–H groups in total. The van der Waals surface area contributed by atoms with Gasteiger partial charge in [-0.1, -0.05) is 15.9 Å². The third kappa shape index (κ3) is 4.31. The Kier molecular flexibility index (Phi) is 4.08. The predicted molar refractivity (Wildman–Crippen MR) is 63.6 cm³/mol. The van der Waals surface area contributed by atoms with Crippen LogP contribution in [0.4, 0.5) is 4.39 Å². The van der Waals surface area contributed by atoms with E-state index >= 15 is 0 Å². The lowest BCUT2D eigenvalue weighted by molar-refractivity contribution is -0.153. The van der Waals surface area contributed by atoms with Crippen LogP contribution in [0.15, 0.2) is 22.7 Å². The molecule has 0 saturated carbocycles. The zero-order valence-electron chi connectivity index (χ0n) is 9.51. The van der Waals surface area contributed by atoms with E-state index in [-0.39, 0.29) is 18.2 Å². The van der Waals surface area contributed by atoms with Gasteiger partial charge in [-0.05, 0) is 44.5 Å². The molecule has 0 aromatic heterocycles. The third-order valence-electron chi connectivity index (χ3n) is 1.76. The van der Waals surface area contributed by atoms with E-state index in [0.717, 1.165) is 0 Å². The summed E-state index contributed by atoms with van der Waals surface area (Å²) in [6.45, 7) is 5.39. The van der Waals surface area contributed by atoms with Gasteiger partial charge >= 0.3 is 5.97 Å². The van der Waals surface area contributed by atoms with Crippen molar-refractivity contribution in [3.63, 3.8) is 0 Å². The van der Waals surface area contributed by atoms with E-state index in [1.165, 1.54) is 12.1 Å². The van der Waals surface area contributed by atoms with E-state index < -0.39 is 5.60 Å². The van der Waals surface area contributed by atoms with Gasteiger partial charge in [-0.3, -0.25) is 4.79 Å². The first-order chi connectivity index (χ1) is 7.28. The van der Waals surface area contributed by atoms with Gasteiger partial charge in [0.15, 0.2) is 0 Å². The van der Waals surface area contributed by atoms with Crippen LogP contribution in [-0.2, 0) is 16.0 Å². The van der Waals surface area contributed by atoms with Crippen LogP contribution < -0.4 is 0 Å². The summed E-state index contributed by atoms with van der Waals surface area (Å²) in [5.74, 6) is -0.722. The maximum absolute atomic E-state index is 13.0. The van der Waals surface area contributed by atoms with Gasteiger partial charge in [0, 0.05) is 4.47 Å². The predicted octanol–water partition coefficient (Wildman–Crippen LogP) is 3.47. The Morgan fingerprint density at radius 2 is 2.06 bits per heavy atom. The Labute approximate surface area is 103 Å². The number of hydrogen-bond donors (Lipinski definition) is 0. The molecule has 88 valence electrons. The third-order valence-corrected chi connectivity index (χ3v) is 2.54. The zero-order valence-corrected chi connectivity index (χ0v) is 11.1. The number of hydrogen-bond acceptors (Lipinski definition) is 2. The van der Waals surface area contributed by atoms with Gasteiger partial charge in [-0.25, -0.2) is 4.39 Å². The number of halogens is 2. The molecule has 0 spiro atoms. The highest BCUT2D eigenvalue weighted by molar-refractivity contribution is 9.10. The SMILES string of the molecule is CC(C)(C)OC(=O)Cc1cc(F)ccc1Br. The van der Waals surface area contributed by atoms with Crippen LogP contribution in [0, 0.1) is 5.82 Å². The molecule has 0 radical (unpaired) electrons. The molecule has 1 aromatic rings. The van der Waals surface area contributed by atoms with E-state index in [4.69, 9.17) is 4.74 Å². The summed E-state index contributed by atoms with van der Waals surface area (Å²) < 4.78 is 18.8. The summed E-state index contributed by atoms with van der Waals surface area (Å²) in [6, 6.07) is 4.24. The lowest BCUT2D eigenvalue weighted by Crippen LogP contribution is -2.25. The van der Waals surface area contributed by atoms with Gasteiger partial charge in [0.25, 0.3) is 0 Å². The van der Waals surface area contributed by atoms with Crippen molar-refractivity contribution >= 4 is 21.9 Å². The maximum Gasteiger partial charge on any atom is 0.310 e. The average molecular weight is 289 g/mol. The fraction of sp³-hybridized carbons (Fsp3) is 0.417. The van der Waals surface area contributed by atoms with Crippen molar-refractivity contribution in [1.82, 2.24) is 0 Å². The molecule has 0 fully saturated rings. The summed E-state index contributed by atoms with van der Waals surface area (Å²) in [7, 11) is 0. The van der Waals surface area contributed by atoms with Crippen LogP contribution in [-0.4, -0.2) is 11.6 Å². The number of carbonyl (C=O) groups is 1. The van der Waals surface area contributed by atoms with Crippen LogP contribution in [0.25, 0.3) is 0 Å². The number of benzene rings is 1. The van der Waals surface area contributed by atoms with Gasteiger partial charge < -0.3 is 4.74 Å². The lowest BCUT2D eigenvalue weighted by Gasteiger charge is -2.19. The number of ether oxygens (including phenoxy) is 1. The first-order valence-corrected chi connectivity index (χ1v) is 5.73. The van der Waals surface area contributed by atoms with E-state index in [1.807, 2.05) is 0 Å². The minimum Gasteiger partial charge on any atom is -0.460 e. The first kappa shape index (κ1) is 13.2. The number of carbonyl (C=O) groups excluding carboxylic acids is 1. The molecule has 0 aliphatic rings. The Balaban J connectivity index is 2.73. The van der Waals surface area contributed by atoms with Crippen LogP contribution in [0.1, 0.15) is 26.3 Å². The summed E-state index contributed by atoms with van der Waals surface area (Å²) in [5.41, 5.74) is 0.0749. The van der Waals surface area contributed by atoms with Crippen molar-refractivity contribution in [2.75, 3.05) is 0 Å². The molecule has 0 unspecified atom stereocenters. The van der Waals surface area contributed by atoms with Crippen LogP contribution in [0.3, 0.4) is 0 Å². The summed E-state index contributed by atoms with van der Waals surface area (Å²) in [4.78, 5) is 11.5. The molecular formula is C12H14BrFO2. The van der Waals surface area contributed by atoms with Crippen molar-refractivity contribution in [2.24, 2.45) is 0 Å². The zero-order chi connectivity index (χ0) is 12.3. The molecule has 0 aliphatic heterocycles. The fourth-order valence-corrected chi connectivity index (χ4v) is 1.60. The minimum atomic E-state index is -0.517. The molecule has 2 nitrogen and oxygen atoms in total. The minimum absolute atomic E-state index is 0.0651. The standard InChI is InChI=1S/C12H14BrFO2/c1-12(2,3)16-11(15)7-8-6-9(14)4-5-10(8)13/h4-6H,7H2,1-3H3. The molecule has 0 aliphatic carbocycles. The second kappa shape index (κ2) is 4.95. The molecule has 0 heterocycles. The molecule has 1 rings (SSSR count). The summed E-state index contributed by atoms with van der Waals surface area (Å²) >= 11 is 3.26. The molecule has 1 aromatic carbocycles. The lowest BCUT2D eigenvalue weighted by atomic mass is 10.1. The number of rotatable bonds is 2. The quantitative estimate of drug-likeness (QED) is 0.779. The molecule has 0 amide bonds. The molecule has 4 heteroatoms. The van der Waals surface area contributed by atoms with Crippen LogP contribution in [0.5, 0.6) is 0 Å². The van der Waals surface area contributed by atoms with Gasteiger partial charge in [0.1, 0.15) is 11.4 Å². The second-order valence-corrected chi connectivity index (χ2v) is 5.35. The van der Waals surface area contributed by atoms with Gasteiger partial charge in [0.05, 0.1) is 6.42 Å². The van der Waals surface area contributed by atoms with Crippen molar-refractivity contribution in [3.8, 4) is 0 Å². The normalized spacial score (nSPS) is 11.3. The van der Waals surface area contributed by atoms with Crippen molar-refractivity contribution in [1.29, 1.82) is 0 Å². The average Bonchev–Trinajstić information content (AvgIpc) is 2.08. The first-order valence-electron chi connectivity index (χ1n) is 4.94. The Bertz CT molecular complexity index is 396. The highest BCUT2D eigenvalue weighted by Gasteiger charge is 2.17. The van der Waals surface area contributed by atoms with Gasteiger partial charge in [0.2, 0.25) is 0 Å². The fourth-order valence-electron chi connectivity index (χ4n) is 1.21. The Hall–Kier alpha value is -0.900. The molecular weight excluding hydrogens is 275 g/mol. The molecule has 0 saturated heterocycles. The van der Waals surface area contributed by atoms with Crippen LogP contribution in [0.2, 0.25) is 0 Å². The molecule has 0 bridgehead atoms. The van der Waals surface area contributed by atoms with Crippen LogP contribution >= 0.6 is 15.9 Å². The summed E-state index contributed by atoms with van der Waals surface area (Å²) in [5, 5.41) is 0. The van der Waals surface area contributed by atoms with Gasteiger partial charge in [-0.2, -0.15) is 0 Å². The monoisotopic (exact) mass is 288 g/mol. The van der Waals surface area contributed by atoms with E-state index in [0.29, 0.717) is 10.0 Å². The second-order valence-electron chi connectivity index (χ2n) is 4.50. The molecule has 0 atom stereocenters. The highest BCUT2D eigenvalue weighted by atomic mass is 79.9. The molecule has 16 heavy (non-hydrogen) atoms. The maximum atomic E-state index is 13.0. The smallest absolute Gasteiger partial charge is 0.310 e. The van der Waals surface area contributed by atoms with E-state index in [9.17, 15) is 9.18 Å². The largest absolute Gasteiger partial charge is 0.460 e. The van der Waals surface area contributed by atoms with Gasteiger partial charge in [-0.15, -0.1) is 0 Å². The van der Waals surface area contributed by atoms with E-state index in [1.54, 1.807) is 26.8 Å². The summed E-state index contributed by atoms with van der Waals surface area (Å²) in [6.07, 6.45) is 0.0651.